The first-order chi connectivity index (χ1) is 55.0. The predicted molar refractivity (Wildman–Crippen MR) is 402 cm³/mol. The van der Waals surface area contributed by atoms with E-state index in [4.69, 9.17) is 130 Å². The highest BCUT2D eigenvalue weighted by Gasteiger charge is 2.63. The largest absolute Gasteiger partial charge is 0.436 e. The predicted octanol–water partition coefficient (Wildman–Crippen LogP) is 2.99. The SMILES string of the molecule is C#COC1C(OC)[C@@H](COC)O[C@H]1n1cnc2c(N)ccnc21.COCCOC1C(OC)[C@@H](COC)O[C@H]1n1cnc2c(N)ccnc21.COC[C@H]1O[C@@H](n2cnc3c(N)ccnc32)C(F)C1OC.COC[C@H]1O[C@@H](n2cnc3c(N)ccnc32)C(OC)C1OC.COC[C@]12COC(C1OC)[C@H](n1cnc3c(N)ccnc31)O2. The Hall–Kier alpha value is -9.37. The van der Waals surface area contributed by atoms with E-state index in [9.17, 15) is 4.39 Å². The fourth-order valence-corrected chi connectivity index (χ4v) is 15.0. The van der Waals surface area contributed by atoms with Gasteiger partial charge in [-0.15, -0.1) is 0 Å². The van der Waals surface area contributed by atoms with Crippen LogP contribution in [0.15, 0.2) is 93.0 Å². The Balaban J connectivity index is 0.000000131. The van der Waals surface area contributed by atoms with Crippen molar-refractivity contribution >= 4 is 84.3 Å². The van der Waals surface area contributed by atoms with Gasteiger partial charge in [0.15, 0.2) is 71.7 Å². The quantitative estimate of drug-likeness (QED) is 0.0384. The highest BCUT2D eigenvalue weighted by molar-refractivity contribution is 5.86. The van der Waals surface area contributed by atoms with Crippen molar-refractivity contribution in [3.8, 4) is 12.5 Å². The molecule has 0 spiro atoms. The van der Waals surface area contributed by atoms with Gasteiger partial charge in [-0.3, -0.25) is 22.8 Å². The standard InChI is InChI=1S/C16H24N4O5.C15H18N4O4.C14H18N4O4.C14H20N4O4.C13H17FN4O3/c1-21-6-7-24-14-13(23-3)11(8-22-2)25-16(14)20-9-19-12-10(17)4-5-18-15(12)20;1-4-22-13-12(21-3)10(7-20-2)23-15(13)19-8-18-11-9(16)5-6-17-14(11)19;1-19-5-14-6-21-10(11(14)20-2)13(22-14)18-7-17-9-8(15)3-4-16-12(9)18;1-19-6-9-11(20-2)12(21-3)14(22-9)18-7-17-10-8(15)4-5-16-13(10)18;1-19-5-8-11(20-2)9(14)13(21-8)18-6-17-10-7(15)3-4-16-12(10)18/h4-5,9,11,13-14,16H,6-8H2,1-3H3,(H2,17,18);1,5-6,8,10,12-13,15H,7H2,2-3H3,(H2,16,17);3-4,7,10-11,13H,5-6H2,1-2H3,(H2,15,16);4-5,7,9,11-12,14H,6H2,1-3H3,(H2,15,16);3-4,6,8-9,11,13H,5H2,1-2H3,(H2,15,16)/t11-,13?,14?,16-;10-,12?,13?,15-;10?,11?,13-,14+;9-,11?,12?,14-;8-,9?,11?,13-/m11111/s1. The Kier molecular flexibility index (Phi) is 27.7. The van der Waals surface area contributed by atoms with Crippen LogP contribution in [-0.4, -0.2) is 302 Å². The van der Waals surface area contributed by atoms with Gasteiger partial charge in [0.25, 0.3) is 0 Å². The number of anilines is 5. The van der Waals surface area contributed by atoms with Crippen LogP contribution in [0, 0.1) is 12.5 Å². The van der Waals surface area contributed by atoms with E-state index in [1.54, 1.807) is 162 Å². The van der Waals surface area contributed by atoms with Crippen LogP contribution in [0.5, 0.6) is 0 Å². The molecular weight excluding hydrogens is 1480 g/mol. The summed E-state index contributed by atoms with van der Waals surface area (Å²) in [7, 11) is 19.2. The number of rotatable bonds is 26. The molecule has 6 aliphatic rings. The Labute approximate surface area is 648 Å². The molecule has 0 aromatic carbocycles. The summed E-state index contributed by atoms with van der Waals surface area (Å²) in [6.45, 7) is 3.15. The number of nitrogens with two attached hydrogens (primary N) is 5. The maximum Gasteiger partial charge on any atom is 0.184 e. The fourth-order valence-electron chi connectivity index (χ4n) is 15.0. The fraction of sp³-hybridized carbons (Fsp3) is 0.556. The molecule has 113 heavy (non-hydrogen) atoms. The van der Waals surface area contributed by atoms with Crippen molar-refractivity contribution in [1.29, 1.82) is 0 Å². The third-order valence-electron chi connectivity index (χ3n) is 20.1. The molecule has 41 heteroatoms. The number of pyridine rings is 5. The summed E-state index contributed by atoms with van der Waals surface area (Å²) in [4.78, 5) is 43.1. The van der Waals surface area contributed by atoms with Gasteiger partial charge in [-0.25, -0.2) is 54.2 Å². The molecule has 6 saturated heterocycles. The molecule has 16 rings (SSSR count). The number of fused-ring (bicyclic) bond motifs is 7. The van der Waals surface area contributed by atoms with E-state index in [0.717, 1.165) is 0 Å². The zero-order valence-corrected chi connectivity index (χ0v) is 64.5. The normalized spacial score (nSPS) is 29.0. The first-order valence-electron chi connectivity index (χ1n) is 35.7. The van der Waals surface area contributed by atoms with Crippen molar-refractivity contribution in [3.63, 3.8) is 0 Å². The minimum absolute atomic E-state index is 0.198. The van der Waals surface area contributed by atoms with Gasteiger partial charge >= 0.3 is 0 Å². The Bertz CT molecular complexity index is 4680. The smallest absolute Gasteiger partial charge is 0.184 e. The number of terminal acetylenes is 1. The molecule has 612 valence electrons. The number of aromatic nitrogens is 15. The molecule has 6 aliphatic heterocycles. The first-order valence-corrected chi connectivity index (χ1v) is 35.7. The number of hydrogen-bond donors (Lipinski definition) is 5. The third-order valence-corrected chi connectivity index (χ3v) is 20.1. The zero-order chi connectivity index (χ0) is 80.2. The van der Waals surface area contributed by atoms with E-state index < -0.39 is 55.0 Å². The maximum absolute atomic E-state index is 14.6. The van der Waals surface area contributed by atoms with Crippen LogP contribution in [0.25, 0.3) is 55.8 Å². The van der Waals surface area contributed by atoms with Gasteiger partial charge in [0, 0.05) is 116 Å². The van der Waals surface area contributed by atoms with Gasteiger partial charge < -0.3 is 123 Å². The average molecular weight is 1580 g/mol. The number of alkyl halides is 1. The monoisotopic (exact) mass is 1580 g/mol. The number of hydrogen-bond acceptors (Lipinski definition) is 35. The Morgan fingerprint density at radius 3 is 1.10 bits per heavy atom. The maximum atomic E-state index is 14.6. The van der Waals surface area contributed by atoms with Crippen molar-refractivity contribution in [3.05, 3.63) is 93.0 Å². The second-order valence-electron chi connectivity index (χ2n) is 26.6. The minimum Gasteiger partial charge on any atom is -0.436 e. The van der Waals surface area contributed by atoms with Gasteiger partial charge in [-0.05, 0) is 30.3 Å². The summed E-state index contributed by atoms with van der Waals surface area (Å²) >= 11 is 0. The zero-order valence-electron chi connectivity index (χ0n) is 64.5. The molecule has 10 unspecified atom stereocenters. The Morgan fingerprint density at radius 2 is 0.743 bits per heavy atom. The molecule has 0 aliphatic carbocycles. The number of nitrogen functional groups attached to an aromatic ring is 5. The molecule has 2 bridgehead atoms. The highest BCUT2D eigenvalue weighted by Crippen LogP contribution is 2.48. The van der Waals surface area contributed by atoms with E-state index in [0.29, 0.717) is 131 Å². The van der Waals surface area contributed by atoms with Crippen LogP contribution < -0.4 is 28.7 Å². The molecule has 10 aromatic rings. The van der Waals surface area contributed by atoms with Gasteiger partial charge in [0.2, 0.25) is 0 Å². The molecule has 10 N–H and O–H groups in total. The van der Waals surface area contributed by atoms with E-state index >= 15 is 0 Å². The van der Waals surface area contributed by atoms with Gasteiger partial charge in [0.1, 0.15) is 113 Å². The van der Waals surface area contributed by atoms with E-state index in [2.05, 4.69) is 55.9 Å². The van der Waals surface area contributed by atoms with E-state index in [1.807, 2.05) is 13.7 Å². The second kappa shape index (κ2) is 37.7. The van der Waals surface area contributed by atoms with Crippen LogP contribution in [0.1, 0.15) is 31.1 Å². The third kappa shape index (κ3) is 16.5. The molecule has 0 radical (unpaired) electrons. The topological polar surface area (TPSA) is 468 Å². The molecule has 10 aromatic heterocycles. The molecule has 20 atom stereocenters. The molecule has 40 nitrogen and oxygen atoms in total. The average Bonchev–Trinajstić information content (AvgIpc) is 1.56. The number of halogens is 1. The minimum atomic E-state index is -1.35. The lowest BCUT2D eigenvalue weighted by atomic mass is 10.0. The summed E-state index contributed by atoms with van der Waals surface area (Å²) in [5, 5.41) is 0. The number of ether oxygens (including phenoxy) is 20. The van der Waals surface area contributed by atoms with Crippen LogP contribution in [0.3, 0.4) is 0 Å². The number of imidazole rings is 5. The van der Waals surface area contributed by atoms with Crippen molar-refractivity contribution in [1.82, 2.24) is 72.7 Å². The van der Waals surface area contributed by atoms with Crippen molar-refractivity contribution in [2.45, 2.75) is 122 Å². The summed E-state index contributed by atoms with van der Waals surface area (Å²) in [6, 6.07) is 8.49. The van der Waals surface area contributed by atoms with Gasteiger partial charge in [-0.1, -0.05) is 6.42 Å². The summed E-state index contributed by atoms with van der Waals surface area (Å²) in [5.41, 5.74) is 37.9. The van der Waals surface area contributed by atoms with Crippen LogP contribution >= 0.6 is 0 Å². The number of nitrogens with zero attached hydrogens (tertiary/aromatic N) is 15. The molecule has 6 fully saturated rings. The van der Waals surface area contributed by atoms with Crippen LogP contribution in [0.4, 0.5) is 32.8 Å². The molecule has 0 saturated carbocycles. The van der Waals surface area contributed by atoms with Crippen molar-refractivity contribution < 1.29 is 99.1 Å². The second-order valence-corrected chi connectivity index (χ2v) is 26.6. The number of methoxy groups -OCH3 is 12. The van der Waals surface area contributed by atoms with Crippen molar-refractivity contribution in [2.24, 2.45) is 0 Å². The lowest BCUT2D eigenvalue weighted by Crippen LogP contribution is -2.45. The van der Waals surface area contributed by atoms with Gasteiger partial charge in [-0.2, -0.15) is 0 Å². The highest BCUT2D eigenvalue weighted by atomic mass is 19.1. The molecule has 0 amide bonds. The van der Waals surface area contributed by atoms with E-state index in [1.165, 1.54) is 25.1 Å². The van der Waals surface area contributed by atoms with E-state index in [-0.39, 0.29) is 73.9 Å². The van der Waals surface area contributed by atoms with Gasteiger partial charge in [0.05, 0.1) is 113 Å². The lowest BCUT2D eigenvalue weighted by Gasteiger charge is -2.30. The first kappa shape index (κ1) is 83.1. The summed E-state index contributed by atoms with van der Waals surface area (Å²) in [6.07, 6.45) is 15.2. The Morgan fingerprint density at radius 1 is 0.407 bits per heavy atom. The van der Waals surface area contributed by atoms with Crippen LogP contribution in [0.2, 0.25) is 0 Å². The molecular formula is C72H97FN20O20. The lowest BCUT2D eigenvalue weighted by molar-refractivity contribution is -0.189. The summed E-state index contributed by atoms with van der Waals surface area (Å²) in [5.74, 6) is 0. The molecule has 16 heterocycles. The summed E-state index contributed by atoms with van der Waals surface area (Å²) < 4.78 is 135. The van der Waals surface area contributed by atoms with Crippen LogP contribution in [-0.2, 0) is 94.7 Å². The van der Waals surface area contributed by atoms with Crippen molar-refractivity contribution in [2.75, 3.05) is 167 Å².